The second-order valence-electron chi connectivity index (χ2n) is 8.68. The van der Waals surface area contributed by atoms with Crippen LogP contribution < -0.4 is 10.1 Å². The van der Waals surface area contributed by atoms with Gasteiger partial charge in [-0.15, -0.1) is 0 Å². The topological polar surface area (TPSA) is 58.6 Å². The summed E-state index contributed by atoms with van der Waals surface area (Å²) in [5.41, 5.74) is 3.46. The highest BCUT2D eigenvalue weighted by Crippen LogP contribution is 2.18. The number of benzene rings is 4. The highest BCUT2D eigenvalue weighted by Gasteiger charge is 2.12. The number of nitrogens with one attached hydrogen (secondary N) is 1. The van der Waals surface area contributed by atoms with Crippen molar-refractivity contribution in [1.82, 2.24) is 4.90 Å². The molecule has 0 aliphatic carbocycles. The highest BCUT2D eigenvalue weighted by molar-refractivity contribution is 6.11. The third-order valence-electron chi connectivity index (χ3n) is 5.78. The summed E-state index contributed by atoms with van der Waals surface area (Å²) < 4.78 is 5.86. The standard InChI is InChI=1S/C31H30N2O3/c1-33(23-24-10-4-2-5-11-24)20-9-21-36-29-18-16-28(17-19-29)32-31(35)27-15-8-14-26(22-27)30(34)25-12-6-3-7-13-25/h2-8,10-19,22H,9,20-21,23H2,1H3,(H,32,35). The van der Waals surface area contributed by atoms with Crippen molar-refractivity contribution >= 4 is 17.4 Å². The zero-order chi connectivity index (χ0) is 25.2. The van der Waals surface area contributed by atoms with E-state index in [1.807, 2.05) is 48.5 Å². The average Bonchev–Trinajstić information content (AvgIpc) is 2.92. The van der Waals surface area contributed by atoms with E-state index < -0.39 is 0 Å². The van der Waals surface area contributed by atoms with Gasteiger partial charge in [-0.25, -0.2) is 0 Å². The number of carbonyl (C=O) groups excluding carboxylic acids is 2. The highest BCUT2D eigenvalue weighted by atomic mass is 16.5. The Morgan fingerprint density at radius 2 is 1.39 bits per heavy atom. The minimum atomic E-state index is -0.271. The Labute approximate surface area is 212 Å². The number of anilines is 1. The molecular formula is C31H30N2O3. The van der Waals surface area contributed by atoms with E-state index in [9.17, 15) is 9.59 Å². The molecule has 0 aliphatic rings. The molecule has 36 heavy (non-hydrogen) atoms. The lowest BCUT2D eigenvalue weighted by Crippen LogP contribution is -2.20. The van der Waals surface area contributed by atoms with Crippen molar-refractivity contribution in [2.45, 2.75) is 13.0 Å². The first-order valence-corrected chi connectivity index (χ1v) is 12.0. The molecule has 0 unspecified atom stereocenters. The largest absolute Gasteiger partial charge is 0.494 e. The van der Waals surface area contributed by atoms with Gasteiger partial charge in [-0.3, -0.25) is 9.59 Å². The molecule has 1 N–H and O–H groups in total. The summed E-state index contributed by atoms with van der Waals surface area (Å²) in [7, 11) is 2.11. The van der Waals surface area contributed by atoms with Gasteiger partial charge in [0.2, 0.25) is 0 Å². The Hall–Kier alpha value is -4.22. The molecule has 1 amide bonds. The average molecular weight is 479 g/mol. The van der Waals surface area contributed by atoms with E-state index in [2.05, 4.69) is 41.5 Å². The van der Waals surface area contributed by atoms with Gasteiger partial charge in [0.15, 0.2) is 5.78 Å². The van der Waals surface area contributed by atoms with Gasteiger partial charge in [0, 0.05) is 35.5 Å². The Balaban J connectivity index is 1.24. The monoisotopic (exact) mass is 478 g/mol. The van der Waals surface area contributed by atoms with Crippen LogP contribution in [0.1, 0.15) is 38.3 Å². The molecule has 4 rings (SSSR count). The van der Waals surface area contributed by atoms with Crippen LogP contribution in [0.3, 0.4) is 0 Å². The Kier molecular flexibility index (Phi) is 8.62. The van der Waals surface area contributed by atoms with Gasteiger partial charge < -0.3 is 15.0 Å². The number of nitrogens with zero attached hydrogens (tertiary/aromatic N) is 1. The molecule has 0 spiro atoms. The lowest BCUT2D eigenvalue weighted by Gasteiger charge is -2.16. The number of rotatable bonds is 11. The summed E-state index contributed by atoms with van der Waals surface area (Å²) in [4.78, 5) is 27.7. The summed E-state index contributed by atoms with van der Waals surface area (Å²) >= 11 is 0. The molecule has 182 valence electrons. The number of hydrogen-bond acceptors (Lipinski definition) is 4. The van der Waals surface area contributed by atoms with Crippen LogP contribution in [0, 0.1) is 0 Å². The molecule has 5 heteroatoms. The Morgan fingerprint density at radius 1 is 0.750 bits per heavy atom. The second kappa shape index (κ2) is 12.5. The lowest BCUT2D eigenvalue weighted by molar-refractivity contribution is 0.102. The quantitative estimate of drug-likeness (QED) is 0.210. The first-order valence-electron chi connectivity index (χ1n) is 12.0. The first kappa shape index (κ1) is 24.9. The minimum Gasteiger partial charge on any atom is -0.494 e. The summed E-state index contributed by atoms with van der Waals surface area (Å²) in [6.45, 7) is 2.47. The predicted molar refractivity (Wildman–Crippen MR) is 144 cm³/mol. The van der Waals surface area contributed by atoms with Crippen molar-refractivity contribution in [1.29, 1.82) is 0 Å². The third-order valence-corrected chi connectivity index (χ3v) is 5.78. The number of amides is 1. The van der Waals surface area contributed by atoms with Crippen molar-refractivity contribution < 1.29 is 14.3 Å². The normalized spacial score (nSPS) is 10.7. The molecule has 4 aromatic carbocycles. The van der Waals surface area contributed by atoms with E-state index in [0.29, 0.717) is 29.0 Å². The number of ether oxygens (including phenoxy) is 1. The van der Waals surface area contributed by atoms with Crippen LogP contribution in [0.5, 0.6) is 5.75 Å². The molecule has 0 heterocycles. The van der Waals surface area contributed by atoms with Gasteiger partial charge in [-0.05, 0) is 55.4 Å². The molecule has 0 atom stereocenters. The van der Waals surface area contributed by atoms with Gasteiger partial charge in [0.1, 0.15) is 5.75 Å². The molecule has 0 fully saturated rings. The maximum absolute atomic E-state index is 12.8. The second-order valence-corrected chi connectivity index (χ2v) is 8.68. The van der Waals surface area contributed by atoms with E-state index in [0.717, 1.165) is 25.3 Å². The van der Waals surface area contributed by atoms with E-state index in [1.165, 1.54) is 5.56 Å². The van der Waals surface area contributed by atoms with E-state index in [4.69, 9.17) is 4.74 Å². The summed E-state index contributed by atoms with van der Waals surface area (Å²) in [6, 6.07) is 33.5. The summed E-state index contributed by atoms with van der Waals surface area (Å²) in [5.74, 6) is 0.375. The molecule has 0 bridgehead atoms. The molecule has 0 saturated heterocycles. The van der Waals surface area contributed by atoms with Crippen molar-refractivity contribution in [2.75, 3.05) is 25.5 Å². The predicted octanol–water partition coefficient (Wildman–Crippen LogP) is 6.07. The minimum absolute atomic E-state index is 0.113. The Bertz CT molecular complexity index is 1270. The van der Waals surface area contributed by atoms with Gasteiger partial charge in [0.25, 0.3) is 5.91 Å². The molecule has 0 saturated carbocycles. The maximum Gasteiger partial charge on any atom is 0.255 e. The van der Waals surface area contributed by atoms with Crippen LogP contribution in [0.2, 0.25) is 0 Å². The fourth-order valence-corrected chi connectivity index (χ4v) is 3.89. The Morgan fingerprint density at radius 3 is 2.11 bits per heavy atom. The van der Waals surface area contributed by atoms with Gasteiger partial charge in [-0.1, -0.05) is 72.8 Å². The van der Waals surface area contributed by atoms with Crippen molar-refractivity contribution in [3.63, 3.8) is 0 Å². The van der Waals surface area contributed by atoms with Crippen molar-refractivity contribution in [2.24, 2.45) is 0 Å². The molecule has 0 aromatic heterocycles. The number of ketones is 1. The number of carbonyl (C=O) groups is 2. The van der Waals surface area contributed by atoms with E-state index >= 15 is 0 Å². The van der Waals surface area contributed by atoms with Crippen LogP contribution in [-0.2, 0) is 6.54 Å². The molecular weight excluding hydrogens is 448 g/mol. The third kappa shape index (κ3) is 7.14. The van der Waals surface area contributed by atoms with Crippen LogP contribution in [0.15, 0.2) is 109 Å². The number of hydrogen-bond donors (Lipinski definition) is 1. The van der Waals surface area contributed by atoms with Crippen molar-refractivity contribution in [3.05, 3.63) is 131 Å². The summed E-state index contributed by atoms with van der Waals surface area (Å²) in [5, 5.41) is 2.88. The first-order chi connectivity index (χ1) is 17.6. The van der Waals surface area contributed by atoms with Crippen LogP contribution in [-0.4, -0.2) is 36.8 Å². The van der Waals surface area contributed by atoms with Gasteiger partial charge >= 0.3 is 0 Å². The van der Waals surface area contributed by atoms with Gasteiger partial charge in [0.05, 0.1) is 6.61 Å². The lowest BCUT2D eigenvalue weighted by atomic mass is 10.0. The van der Waals surface area contributed by atoms with Crippen LogP contribution in [0.25, 0.3) is 0 Å². The molecule has 0 radical (unpaired) electrons. The van der Waals surface area contributed by atoms with Crippen molar-refractivity contribution in [3.8, 4) is 5.75 Å². The van der Waals surface area contributed by atoms with E-state index in [1.54, 1.807) is 36.4 Å². The zero-order valence-electron chi connectivity index (χ0n) is 20.4. The van der Waals surface area contributed by atoms with Gasteiger partial charge in [-0.2, -0.15) is 0 Å². The smallest absolute Gasteiger partial charge is 0.255 e. The van der Waals surface area contributed by atoms with E-state index in [-0.39, 0.29) is 11.7 Å². The summed E-state index contributed by atoms with van der Waals surface area (Å²) in [6.07, 6.45) is 0.917. The fourth-order valence-electron chi connectivity index (χ4n) is 3.89. The van der Waals surface area contributed by atoms with Crippen LogP contribution >= 0.6 is 0 Å². The van der Waals surface area contributed by atoms with Crippen LogP contribution in [0.4, 0.5) is 5.69 Å². The SMILES string of the molecule is CN(CCCOc1ccc(NC(=O)c2cccc(C(=O)c3ccccc3)c2)cc1)Cc1ccccc1. The maximum atomic E-state index is 12.8. The molecule has 0 aliphatic heterocycles. The molecule has 4 aromatic rings. The molecule has 5 nitrogen and oxygen atoms in total. The fraction of sp³-hybridized carbons (Fsp3) is 0.161. The zero-order valence-corrected chi connectivity index (χ0v) is 20.4.